The minimum absolute atomic E-state index is 0.570. The summed E-state index contributed by atoms with van der Waals surface area (Å²) in [5.74, 6) is 0.766. The van der Waals surface area contributed by atoms with Gasteiger partial charge < -0.3 is 10.1 Å². The van der Waals surface area contributed by atoms with Crippen molar-refractivity contribution >= 4 is 0 Å². The van der Waals surface area contributed by atoms with Crippen molar-refractivity contribution in [3.8, 4) is 0 Å². The molecule has 0 spiro atoms. The highest BCUT2D eigenvalue weighted by Gasteiger charge is 2.30. The highest BCUT2D eigenvalue weighted by Crippen LogP contribution is 2.36. The third kappa shape index (κ3) is 3.46. The Labute approximate surface area is 93.8 Å². The molecule has 88 valence electrons. The average molecular weight is 211 g/mol. The van der Waals surface area contributed by atoms with Gasteiger partial charge in [-0.3, -0.25) is 0 Å². The Balaban J connectivity index is 1.65. The number of rotatable bonds is 3. The van der Waals surface area contributed by atoms with Crippen molar-refractivity contribution in [3.05, 3.63) is 0 Å². The average Bonchev–Trinajstić information content (AvgIpc) is 2.57. The van der Waals surface area contributed by atoms with Gasteiger partial charge in [-0.05, 0) is 43.4 Å². The highest BCUT2D eigenvalue weighted by atomic mass is 16.5. The predicted octanol–water partition coefficient (Wildman–Crippen LogP) is 2.58. The number of hydrogen-bond donors (Lipinski definition) is 1. The van der Waals surface area contributed by atoms with Crippen molar-refractivity contribution in [3.63, 3.8) is 0 Å². The summed E-state index contributed by atoms with van der Waals surface area (Å²) in [6, 6.07) is 0.766. The molecule has 2 fully saturated rings. The summed E-state index contributed by atoms with van der Waals surface area (Å²) in [4.78, 5) is 0. The predicted molar refractivity (Wildman–Crippen MR) is 63.0 cm³/mol. The van der Waals surface area contributed by atoms with E-state index < -0.39 is 0 Å². The molecule has 2 aliphatic rings. The van der Waals surface area contributed by atoms with Crippen LogP contribution >= 0.6 is 0 Å². The molecule has 2 nitrogen and oxygen atoms in total. The normalized spacial score (nSPS) is 35.6. The summed E-state index contributed by atoms with van der Waals surface area (Å²) in [5, 5.41) is 3.73. The molecule has 2 heteroatoms. The minimum Gasteiger partial charge on any atom is -0.381 e. The van der Waals surface area contributed by atoms with Crippen LogP contribution in [0.25, 0.3) is 0 Å². The van der Waals surface area contributed by atoms with Gasteiger partial charge in [0, 0.05) is 19.2 Å². The summed E-state index contributed by atoms with van der Waals surface area (Å²) in [6.07, 6.45) is 6.69. The SMILES string of the molecule is CC1(C)CCC(NCC2CCCOC2)C1. The molecule has 1 heterocycles. The first kappa shape index (κ1) is 11.4. The van der Waals surface area contributed by atoms with E-state index in [1.807, 2.05) is 0 Å². The first-order valence-corrected chi connectivity index (χ1v) is 6.47. The number of nitrogens with one attached hydrogen (secondary N) is 1. The second-order valence-electron chi connectivity index (χ2n) is 6.10. The van der Waals surface area contributed by atoms with E-state index in [-0.39, 0.29) is 0 Å². The number of hydrogen-bond acceptors (Lipinski definition) is 2. The fourth-order valence-electron chi connectivity index (χ4n) is 2.91. The molecule has 15 heavy (non-hydrogen) atoms. The molecule has 1 saturated heterocycles. The molecule has 2 atom stereocenters. The van der Waals surface area contributed by atoms with E-state index in [0.717, 1.165) is 25.2 Å². The van der Waals surface area contributed by atoms with Gasteiger partial charge in [-0.2, -0.15) is 0 Å². The molecular weight excluding hydrogens is 186 g/mol. The van der Waals surface area contributed by atoms with Crippen LogP contribution in [0.5, 0.6) is 0 Å². The quantitative estimate of drug-likeness (QED) is 0.774. The monoisotopic (exact) mass is 211 g/mol. The largest absolute Gasteiger partial charge is 0.381 e. The Morgan fingerprint density at radius 1 is 1.33 bits per heavy atom. The standard InChI is InChI=1S/C13H25NO/c1-13(2)6-5-12(8-13)14-9-11-4-3-7-15-10-11/h11-12,14H,3-10H2,1-2H3. The van der Waals surface area contributed by atoms with Crippen molar-refractivity contribution in [2.24, 2.45) is 11.3 Å². The first-order chi connectivity index (χ1) is 7.16. The van der Waals surface area contributed by atoms with Gasteiger partial charge in [0.05, 0.1) is 6.61 Å². The van der Waals surface area contributed by atoms with Crippen molar-refractivity contribution in [2.75, 3.05) is 19.8 Å². The van der Waals surface area contributed by atoms with E-state index in [4.69, 9.17) is 4.74 Å². The summed E-state index contributed by atoms with van der Waals surface area (Å²) in [6.45, 7) is 7.90. The van der Waals surface area contributed by atoms with Crippen LogP contribution in [0.4, 0.5) is 0 Å². The fraction of sp³-hybridized carbons (Fsp3) is 1.00. The molecule has 1 saturated carbocycles. The summed E-state index contributed by atoms with van der Waals surface area (Å²) >= 11 is 0. The van der Waals surface area contributed by atoms with Crippen molar-refractivity contribution < 1.29 is 4.74 Å². The second kappa shape index (κ2) is 4.84. The Morgan fingerprint density at radius 3 is 2.80 bits per heavy atom. The smallest absolute Gasteiger partial charge is 0.0506 e. The number of ether oxygens (including phenoxy) is 1. The van der Waals surface area contributed by atoms with Gasteiger partial charge in [0.15, 0.2) is 0 Å². The van der Waals surface area contributed by atoms with E-state index >= 15 is 0 Å². The maximum absolute atomic E-state index is 5.50. The van der Waals surface area contributed by atoms with Crippen LogP contribution in [0, 0.1) is 11.3 Å². The maximum Gasteiger partial charge on any atom is 0.0506 e. The molecule has 1 aliphatic heterocycles. The van der Waals surface area contributed by atoms with Crippen molar-refractivity contribution in [1.29, 1.82) is 0 Å². The Hall–Kier alpha value is -0.0800. The summed E-state index contributed by atoms with van der Waals surface area (Å²) in [7, 11) is 0. The molecule has 2 unspecified atom stereocenters. The van der Waals surface area contributed by atoms with E-state index in [0.29, 0.717) is 5.41 Å². The lowest BCUT2D eigenvalue weighted by atomic mass is 9.92. The zero-order valence-electron chi connectivity index (χ0n) is 10.2. The van der Waals surface area contributed by atoms with Crippen LogP contribution in [0.2, 0.25) is 0 Å². The maximum atomic E-state index is 5.50. The van der Waals surface area contributed by atoms with Gasteiger partial charge in [-0.1, -0.05) is 13.8 Å². The Morgan fingerprint density at radius 2 is 2.20 bits per heavy atom. The Kier molecular flexibility index (Phi) is 3.68. The Bertz CT molecular complexity index is 197. The van der Waals surface area contributed by atoms with Crippen molar-refractivity contribution in [2.45, 2.75) is 52.0 Å². The van der Waals surface area contributed by atoms with E-state index in [9.17, 15) is 0 Å². The third-order valence-electron chi connectivity index (χ3n) is 3.92. The second-order valence-corrected chi connectivity index (χ2v) is 6.10. The molecule has 1 N–H and O–H groups in total. The van der Waals surface area contributed by atoms with Crippen molar-refractivity contribution in [1.82, 2.24) is 5.32 Å². The zero-order valence-corrected chi connectivity index (χ0v) is 10.2. The van der Waals surface area contributed by atoms with Crippen LogP contribution in [0.15, 0.2) is 0 Å². The van der Waals surface area contributed by atoms with Crippen LogP contribution in [-0.2, 0) is 4.74 Å². The van der Waals surface area contributed by atoms with E-state index in [2.05, 4.69) is 19.2 Å². The van der Waals surface area contributed by atoms with Crippen LogP contribution in [0.3, 0.4) is 0 Å². The molecule has 0 aromatic carbocycles. The molecule has 2 rings (SSSR count). The van der Waals surface area contributed by atoms with Gasteiger partial charge in [0.25, 0.3) is 0 Å². The van der Waals surface area contributed by atoms with E-state index in [1.165, 1.54) is 38.6 Å². The van der Waals surface area contributed by atoms with Gasteiger partial charge in [-0.15, -0.1) is 0 Å². The van der Waals surface area contributed by atoms with Gasteiger partial charge in [0.1, 0.15) is 0 Å². The molecule has 1 aliphatic carbocycles. The lowest BCUT2D eigenvalue weighted by Crippen LogP contribution is -2.35. The molecule has 0 amide bonds. The van der Waals surface area contributed by atoms with Gasteiger partial charge in [-0.25, -0.2) is 0 Å². The molecular formula is C13H25NO. The molecule has 0 aromatic rings. The van der Waals surface area contributed by atoms with Crippen LogP contribution in [-0.4, -0.2) is 25.8 Å². The highest BCUT2D eigenvalue weighted by molar-refractivity contribution is 4.86. The molecule has 0 radical (unpaired) electrons. The molecule has 0 bridgehead atoms. The molecule has 0 aromatic heterocycles. The van der Waals surface area contributed by atoms with Crippen LogP contribution < -0.4 is 5.32 Å². The van der Waals surface area contributed by atoms with Crippen LogP contribution in [0.1, 0.15) is 46.0 Å². The third-order valence-corrected chi connectivity index (χ3v) is 3.92. The minimum atomic E-state index is 0.570. The zero-order chi connectivity index (χ0) is 10.7. The first-order valence-electron chi connectivity index (χ1n) is 6.47. The fourth-order valence-corrected chi connectivity index (χ4v) is 2.91. The topological polar surface area (TPSA) is 21.3 Å². The van der Waals surface area contributed by atoms with Gasteiger partial charge >= 0.3 is 0 Å². The summed E-state index contributed by atoms with van der Waals surface area (Å²) < 4.78 is 5.50. The van der Waals surface area contributed by atoms with E-state index in [1.54, 1.807) is 0 Å². The van der Waals surface area contributed by atoms with Gasteiger partial charge in [0.2, 0.25) is 0 Å². The lowest BCUT2D eigenvalue weighted by molar-refractivity contribution is 0.0537. The summed E-state index contributed by atoms with van der Waals surface area (Å²) in [5.41, 5.74) is 0.570. The lowest BCUT2D eigenvalue weighted by Gasteiger charge is -2.24.